The second-order valence-corrected chi connectivity index (χ2v) is 5.24. The number of carbonyl (C=O) groups is 2. The summed E-state index contributed by atoms with van der Waals surface area (Å²) in [6, 6.07) is 0. The van der Waals surface area contributed by atoms with Gasteiger partial charge in [0.1, 0.15) is 6.10 Å². The van der Waals surface area contributed by atoms with Crippen LogP contribution in [-0.2, 0) is 19.1 Å². The lowest BCUT2D eigenvalue weighted by Crippen LogP contribution is -2.19. The monoisotopic (exact) mass is 270 g/mol. The molecule has 0 aliphatic carbocycles. The van der Waals surface area contributed by atoms with Gasteiger partial charge in [-0.15, -0.1) is 0 Å². The Hall–Kier alpha value is -1.32. The van der Waals surface area contributed by atoms with Crippen molar-refractivity contribution in [1.29, 1.82) is 0 Å². The number of esters is 2. The van der Waals surface area contributed by atoms with E-state index in [4.69, 9.17) is 9.47 Å². The second-order valence-electron chi connectivity index (χ2n) is 5.24. The van der Waals surface area contributed by atoms with E-state index in [1.54, 1.807) is 0 Å². The normalized spacial score (nSPS) is 14.4. The van der Waals surface area contributed by atoms with Crippen LogP contribution in [0.1, 0.15) is 47.5 Å². The zero-order chi connectivity index (χ0) is 14.8. The molecule has 0 aliphatic rings. The van der Waals surface area contributed by atoms with Crippen LogP contribution < -0.4 is 0 Å². The summed E-state index contributed by atoms with van der Waals surface area (Å²) in [4.78, 5) is 22.7. The van der Waals surface area contributed by atoms with Gasteiger partial charge in [0.25, 0.3) is 0 Å². The fourth-order valence-electron chi connectivity index (χ4n) is 1.34. The van der Waals surface area contributed by atoms with E-state index >= 15 is 0 Å². The summed E-state index contributed by atoms with van der Waals surface area (Å²) in [7, 11) is 0. The molecular weight excluding hydrogens is 244 g/mol. The van der Waals surface area contributed by atoms with Gasteiger partial charge in [-0.25, -0.2) is 9.59 Å². The Morgan fingerprint density at radius 1 is 1.05 bits per heavy atom. The van der Waals surface area contributed by atoms with Crippen LogP contribution in [-0.4, -0.2) is 24.6 Å². The van der Waals surface area contributed by atoms with Crippen molar-refractivity contribution < 1.29 is 19.1 Å². The Morgan fingerprint density at radius 3 is 2.16 bits per heavy atom. The first-order chi connectivity index (χ1) is 8.86. The highest BCUT2D eigenvalue weighted by atomic mass is 16.5. The van der Waals surface area contributed by atoms with Crippen molar-refractivity contribution in [2.24, 2.45) is 11.8 Å². The molecule has 0 aliphatic heterocycles. The van der Waals surface area contributed by atoms with E-state index in [1.807, 2.05) is 27.7 Å². The van der Waals surface area contributed by atoms with Gasteiger partial charge in [0.15, 0.2) is 0 Å². The van der Waals surface area contributed by atoms with Crippen LogP contribution in [0.4, 0.5) is 0 Å². The third-order valence-corrected chi connectivity index (χ3v) is 2.89. The molecule has 0 fully saturated rings. The van der Waals surface area contributed by atoms with Crippen LogP contribution >= 0.6 is 0 Å². The van der Waals surface area contributed by atoms with Gasteiger partial charge in [-0.05, 0) is 25.2 Å². The third kappa shape index (κ3) is 9.28. The Morgan fingerprint density at radius 2 is 1.63 bits per heavy atom. The summed E-state index contributed by atoms with van der Waals surface area (Å²) in [5.41, 5.74) is 0. The standard InChI is InChI=1S/C15H26O4/c1-6-7-12(4)10-18-14(16)8-9-15(17)19-13(5)11(2)3/h8-9,11-13H,6-7,10H2,1-5H3/b9-8+. The lowest BCUT2D eigenvalue weighted by Gasteiger charge is -2.14. The number of carbonyl (C=O) groups excluding carboxylic acids is 2. The van der Waals surface area contributed by atoms with E-state index in [1.165, 1.54) is 0 Å². The molecule has 0 aromatic heterocycles. The first kappa shape index (κ1) is 17.7. The van der Waals surface area contributed by atoms with Crippen molar-refractivity contribution in [3.05, 3.63) is 12.2 Å². The minimum Gasteiger partial charge on any atom is -0.462 e. The van der Waals surface area contributed by atoms with E-state index in [-0.39, 0.29) is 12.0 Å². The number of hydrogen-bond acceptors (Lipinski definition) is 4. The Labute approximate surface area is 116 Å². The van der Waals surface area contributed by atoms with Crippen LogP contribution in [0.3, 0.4) is 0 Å². The fraction of sp³-hybridized carbons (Fsp3) is 0.733. The Bertz CT molecular complexity index is 307. The molecule has 0 saturated heterocycles. The quantitative estimate of drug-likeness (QED) is 0.502. The lowest BCUT2D eigenvalue weighted by molar-refractivity contribution is -0.145. The van der Waals surface area contributed by atoms with Crippen LogP contribution in [0.15, 0.2) is 12.2 Å². The minimum atomic E-state index is -0.514. The van der Waals surface area contributed by atoms with E-state index < -0.39 is 11.9 Å². The van der Waals surface area contributed by atoms with Crippen LogP contribution in [0.25, 0.3) is 0 Å². The molecule has 0 bridgehead atoms. The smallest absolute Gasteiger partial charge is 0.331 e. The molecule has 4 heteroatoms. The zero-order valence-electron chi connectivity index (χ0n) is 12.6. The minimum absolute atomic E-state index is 0.169. The summed E-state index contributed by atoms with van der Waals surface area (Å²) in [5, 5.41) is 0. The van der Waals surface area contributed by atoms with E-state index in [2.05, 4.69) is 6.92 Å². The van der Waals surface area contributed by atoms with Gasteiger partial charge in [0.2, 0.25) is 0 Å². The molecule has 0 aromatic carbocycles. The van der Waals surface area contributed by atoms with Crippen LogP contribution in [0.2, 0.25) is 0 Å². The highest BCUT2D eigenvalue weighted by Gasteiger charge is 2.11. The number of hydrogen-bond donors (Lipinski definition) is 0. The van der Waals surface area contributed by atoms with E-state index in [9.17, 15) is 9.59 Å². The van der Waals surface area contributed by atoms with E-state index in [0.717, 1.165) is 25.0 Å². The van der Waals surface area contributed by atoms with Gasteiger partial charge < -0.3 is 9.47 Å². The average Bonchev–Trinajstić information content (AvgIpc) is 2.34. The van der Waals surface area contributed by atoms with Crippen molar-refractivity contribution in [2.75, 3.05) is 6.61 Å². The summed E-state index contributed by atoms with van der Waals surface area (Å²) in [6.07, 6.45) is 4.15. The lowest BCUT2D eigenvalue weighted by atomic mass is 10.1. The molecule has 0 N–H and O–H groups in total. The average molecular weight is 270 g/mol. The number of ether oxygens (including phenoxy) is 2. The van der Waals surface area contributed by atoms with Gasteiger partial charge in [-0.1, -0.05) is 34.1 Å². The molecular formula is C15H26O4. The van der Waals surface area contributed by atoms with Crippen LogP contribution in [0.5, 0.6) is 0 Å². The largest absolute Gasteiger partial charge is 0.462 e. The van der Waals surface area contributed by atoms with Crippen LogP contribution in [0, 0.1) is 11.8 Å². The van der Waals surface area contributed by atoms with Crippen molar-refractivity contribution in [2.45, 2.75) is 53.6 Å². The predicted octanol–water partition coefficient (Wildman–Crippen LogP) is 3.11. The van der Waals surface area contributed by atoms with Crippen molar-refractivity contribution in [1.82, 2.24) is 0 Å². The summed E-state index contributed by atoms with van der Waals surface area (Å²) < 4.78 is 10.1. The van der Waals surface area contributed by atoms with Gasteiger partial charge in [-0.2, -0.15) is 0 Å². The second kappa shape index (κ2) is 9.59. The summed E-state index contributed by atoms with van der Waals surface area (Å²) in [5.74, 6) is -0.425. The molecule has 0 aromatic rings. The summed E-state index contributed by atoms with van der Waals surface area (Å²) in [6.45, 7) is 10.2. The molecule has 0 amide bonds. The molecule has 0 spiro atoms. The maximum atomic E-state index is 11.4. The molecule has 19 heavy (non-hydrogen) atoms. The first-order valence-corrected chi connectivity index (χ1v) is 6.92. The predicted molar refractivity (Wildman–Crippen MR) is 74.6 cm³/mol. The highest BCUT2D eigenvalue weighted by Crippen LogP contribution is 2.06. The fourth-order valence-corrected chi connectivity index (χ4v) is 1.34. The number of rotatable bonds is 8. The van der Waals surface area contributed by atoms with E-state index in [0.29, 0.717) is 12.5 Å². The van der Waals surface area contributed by atoms with Crippen molar-refractivity contribution in [3.63, 3.8) is 0 Å². The molecule has 2 unspecified atom stereocenters. The molecule has 110 valence electrons. The molecule has 4 nitrogen and oxygen atoms in total. The third-order valence-electron chi connectivity index (χ3n) is 2.89. The zero-order valence-corrected chi connectivity index (χ0v) is 12.6. The van der Waals surface area contributed by atoms with Gasteiger partial charge in [0, 0.05) is 12.2 Å². The molecule has 0 saturated carbocycles. The molecule has 0 heterocycles. The maximum absolute atomic E-state index is 11.4. The maximum Gasteiger partial charge on any atom is 0.331 e. The Balaban J connectivity index is 3.98. The molecule has 0 radical (unpaired) electrons. The summed E-state index contributed by atoms with van der Waals surface area (Å²) >= 11 is 0. The van der Waals surface area contributed by atoms with Gasteiger partial charge in [-0.3, -0.25) is 0 Å². The first-order valence-electron chi connectivity index (χ1n) is 6.92. The van der Waals surface area contributed by atoms with Crippen molar-refractivity contribution in [3.8, 4) is 0 Å². The van der Waals surface area contributed by atoms with Gasteiger partial charge in [0.05, 0.1) is 6.61 Å². The highest BCUT2D eigenvalue weighted by molar-refractivity contribution is 5.91. The molecule has 2 atom stereocenters. The molecule has 0 rings (SSSR count). The Kier molecular flexibility index (Phi) is 8.92. The van der Waals surface area contributed by atoms with Gasteiger partial charge >= 0.3 is 11.9 Å². The topological polar surface area (TPSA) is 52.6 Å². The SMILES string of the molecule is CCCC(C)COC(=O)/C=C/C(=O)OC(C)C(C)C. The van der Waals surface area contributed by atoms with Crippen molar-refractivity contribution >= 4 is 11.9 Å².